The van der Waals surface area contributed by atoms with Gasteiger partial charge in [-0.1, -0.05) is 28.9 Å². The lowest BCUT2D eigenvalue weighted by Crippen LogP contribution is -2.22. The van der Waals surface area contributed by atoms with Crippen LogP contribution in [0.1, 0.15) is 35.6 Å². The molecule has 0 fully saturated rings. The standard InChI is InChI=1S/C11H13BrN2O2/c1-2-9(15)11(13)8-5-3-4-7(14-8)10(16)6-12/h3-5,11H,2,6,13H2,1H3. The highest BCUT2D eigenvalue weighted by Gasteiger charge is 2.16. The lowest BCUT2D eigenvalue weighted by atomic mass is 10.1. The molecule has 86 valence electrons. The van der Waals surface area contributed by atoms with Crippen LogP contribution in [0.4, 0.5) is 0 Å². The Morgan fingerprint density at radius 1 is 1.50 bits per heavy atom. The summed E-state index contributed by atoms with van der Waals surface area (Å²) in [6, 6.07) is 4.20. The lowest BCUT2D eigenvalue weighted by molar-refractivity contribution is -0.120. The highest BCUT2D eigenvalue weighted by molar-refractivity contribution is 9.09. The molecule has 0 radical (unpaired) electrons. The van der Waals surface area contributed by atoms with Gasteiger partial charge in [0.2, 0.25) is 0 Å². The Labute approximate surface area is 102 Å². The van der Waals surface area contributed by atoms with Crippen LogP contribution in [0.2, 0.25) is 0 Å². The third-order valence-electron chi connectivity index (χ3n) is 2.19. The van der Waals surface area contributed by atoms with Crippen molar-refractivity contribution < 1.29 is 9.59 Å². The van der Waals surface area contributed by atoms with Crippen LogP contribution in [0.15, 0.2) is 18.2 Å². The van der Waals surface area contributed by atoms with E-state index in [1.807, 2.05) is 0 Å². The van der Waals surface area contributed by atoms with Gasteiger partial charge in [0.15, 0.2) is 11.6 Å². The summed E-state index contributed by atoms with van der Waals surface area (Å²) in [5, 5.41) is 0.209. The van der Waals surface area contributed by atoms with E-state index in [1.165, 1.54) is 0 Å². The van der Waals surface area contributed by atoms with E-state index in [-0.39, 0.29) is 16.9 Å². The smallest absolute Gasteiger partial charge is 0.191 e. The molecule has 0 bridgehead atoms. The first kappa shape index (κ1) is 13.0. The van der Waals surface area contributed by atoms with E-state index < -0.39 is 6.04 Å². The zero-order valence-corrected chi connectivity index (χ0v) is 10.5. The van der Waals surface area contributed by atoms with Crippen molar-refractivity contribution in [2.75, 3.05) is 5.33 Å². The number of nitrogens with two attached hydrogens (primary N) is 1. The topological polar surface area (TPSA) is 73.1 Å². The number of carbonyl (C=O) groups is 2. The largest absolute Gasteiger partial charge is 0.317 e. The Kier molecular flexibility index (Phi) is 4.76. The van der Waals surface area contributed by atoms with Gasteiger partial charge in [-0.15, -0.1) is 0 Å². The molecule has 4 nitrogen and oxygen atoms in total. The van der Waals surface area contributed by atoms with E-state index in [0.717, 1.165) is 0 Å². The maximum Gasteiger partial charge on any atom is 0.191 e. The minimum absolute atomic E-state index is 0.0871. The number of Topliss-reactive ketones (excluding diaryl/α,β-unsaturated/α-hetero) is 2. The molecule has 16 heavy (non-hydrogen) atoms. The molecule has 1 atom stereocenters. The number of halogens is 1. The van der Waals surface area contributed by atoms with E-state index in [4.69, 9.17) is 5.73 Å². The fourth-order valence-corrected chi connectivity index (χ4v) is 1.52. The number of pyridine rings is 1. The molecule has 0 aliphatic carbocycles. The van der Waals surface area contributed by atoms with E-state index in [1.54, 1.807) is 25.1 Å². The van der Waals surface area contributed by atoms with Crippen LogP contribution in [0.25, 0.3) is 0 Å². The van der Waals surface area contributed by atoms with Gasteiger partial charge in [-0.3, -0.25) is 9.59 Å². The number of rotatable bonds is 5. The molecule has 0 aliphatic heterocycles. The predicted octanol–water partition coefficient (Wildman–Crippen LogP) is 1.64. The molecule has 1 unspecified atom stereocenters. The lowest BCUT2D eigenvalue weighted by Gasteiger charge is -2.09. The number of ketones is 2. The molecule has 0 amide bonds. The normalized spacial score (nSPS) is 12.2. The summed E-state index contributed by atoms with van der Waals surface area (Å²) in [6.07, 6.45) is 0.361. The van der Waals surface area contributed by atoms with E-state index >= 15 is 0 Å². The van der Waals surface area contributed by atoms with Crippen LogP contribution in [-0.4, -0.2) is 21.9 Å². The fraction of sp³-hybridized carbons (Fsp3) is 0.364. The number of hydrogen-bond donors (Lipinski definition) is 1. The maximum absolute atomic E-state index is 11.4. The van der Waals surface area contributed by atoms with Crippen molar-refractivity contribution in [3.63, 3.8) is 0 Å². The molecule has 0 saturated carbocycles. The quantitative estimate of drug-likeness (QED) is 0.659. The molecule has 1 heterocycles. The molecule has 0 aliphatic rings. The third kappa shape index (κ3) is 2.96. The van der Waals surface area contributed by atoms with E-state index in [0.29, 0.717) is 17.8 Å². The Morgan fingerprint density at radius 2 is 2.19 bits per heavy atom. The molecule has 0 saturated heterocycles. The van der Waals surface area contributed by atoms with Gasteiger partial charge in [-0.25, -0.2) is 4.98 Å². The summed E-state index contributed by atoms with van der Waals surface area (Å²) in [5.41, 5.74) is 6.50. The summed E-state index contributed by atoms with van der Waals surface area (Å²) in [6.45, 7) is 1.75. The molecule has 1 aromatic heterocycles. The SMILES string of the molecule is CCC(=O)C(N)c1cccc(C(=O)CBr)n1. The second-order valence-corrected chi connectivity index (χ2v) is 3.86. The Morgan fingerprint density at radius 3 is 2.75 bits per heavy atom. The van der Waals surface area contributed by atoms with Gasteiger partial charge >= 0.3 is 0 Å². The zero-order chi connectivity index (χ0) is 12.1. The van der Waals surface area contributed by atoms with Crippen LogP contribution in [0.3, 0.4) is 0 Å². The van der Waals surface area contributed by atoms with Crippen molar-refractivity contribution >= 4 is 27.5 Å². The van der Waals surface area contributed by atoms with Crippen molar-refractivity contribution in [1.29, 1.82) is 0 Å². The summed E-state index contributed by atoms with van der Waals surface area (Å²) in [4.78, 5) is 26.9. The Balaban J connectivity index is 2.98. The number of carbonyl (C=O) groups excluding carboxylic acids is 2. The van der Waals surface area contributed by atoms with Crippen LogP contribution in [0.5, 0.6) is 0 Å². The van der Waals surface area contributed by atoms with Crippen molar-refractivity contribution in [2.24, 2.45) is 5.73 Å². The Bertz CT molecular complexity index is 407. The zero-order valence-electron chi connectivity index (χ0n) is 8.94. The van der Waals surface area contributed by atoms with Crippen LogP contribution < -0.4 is 5.73 Å². The average molecular weight is 285 g/mol. The third-order valence-corrected chi connectivity index (χ3v) is 2.70. The van der Waals surface area contributed by atoms with Gasteiger partial charge in [0.05, 0.1) is 11.0 Å². The highest BCUT2D eigenvalue weighted by atomic mass is 79.9. The van der Waals surface area contributed by atoms with Crippen molar-refractivity contribution in [2.45, 2.75) is 19.4 Å². The number of hydrogen-bond acceptors (Lipinski definition) is 4. The fourth-order valence-electron chi connectivity index (χ4n) is 1.23. The number of nitrogens with zero attached hydrogens (tertiary/aromatic N) is 1. The van der Waals surface area contributed by atoms with Gasteiger partial charge in [-0.05, 0) is 12.1 Å². The molecule has 0 aromatic carbocycles. The maximum atomic E-state index is 11.4. The second-order valence-electron chi connectivity index (χ2n) is 3.30. The van der Waals surface area contributed by atoms with Crippen LogP contribution in [0, 0.1) is 0 Å². The monoisotopic (exact) mass is 284 g/mol. The van der Waals surface area contributed by atoms with Crippen LogP contribution >= 0.6 is 15.9 Å². The number of aromatic nitrogens is 1. The van der Waals surface area contributed by atoms with Crippen molar-refractivity contribution in [3.05, 3.63) is 29.6 Å². The molecule has 5 heteroatoms. The van der Waals surface area contributed by atoms with Crippen molar-refractivity contribution in [1.82, 2.24) is 4.98 Å². The first-order valence-electron chi connectivity index (χ1n) is 4.94. The van der Waals surface area contributed by atoms with E-state index in [9.17, 15) is 9.59 Å². The van der Waals surface area contributed by atoms with Gasteiger partial charge in [0, 0.05) is 6.42 Å². The van der Waals surface area contributed by atoms with Crippen LogP contribution in [-0.2, 0) is 4.79 Å². The summed E-state index contributed by atoms with van der Waals surface area (Å²) >= 11 is 3.07. The summed E-state index contributed by atoms with van der Waals surface area (Å²) in [5.74, 6) is -0.214. The molecule has 1 rings (SSSR count). The van der Waals surface area contributed by atoms with Gasteiger partial charge in [0.1, 0.15) is 11.7 Å². The molecule has 0 spiro atoms. The summed E-state index contributed by atoms with van der Waals surface area (Å²) < 4.78 is 0. The Hall–Kier alpha value is -1.07. The average Bonchev–Trinajstić information content (AvgIpc) is 2.36. The van der Waals surface area contributed by atoms with Gasteiger partial charge in [0.25, 0.3) is 0 Å². The number of alkyl halides is 1. The minimum atomic E-state index is -0.743. The predicted molar refractivity (Wildman–Crippen MR) is 64.6 cm³/mol. The minimum Gasteiger partial charge on any atom is -0.317 e. The van der Waals surface area contributed by atoms with Crippen molar-refractivity contribution in [3.8, 4) is 0 Å². The molecular formula is C11H13BrN2O2. The molecule has 2 N–H and O–H groups in total. The highest BCUT2D eigenvalue weighted by Crippen LogP contribution is 2.11. The second kappa shape index (κ2) is 5.86. The first-order chi connectivity index (χ1) is 7.60. The van der Waals surface area contributed by atoms with E-state index in [2.05, 4.69) is 20.9 Å². The molecular weight excluding hydrogens is 272 g/mol. The molecule has 1 aromatic rings. The van der Waals surface area contributed by atoms with Gasteiger partial charge in [-0.2, -0.15) is 0 Å². The summed E-state index contributed by atoms with van der Waals surface area (Å²) in [7, 11) is 0. The first-order valence-corrected chi connectivity index (χ1v) is 6.06. The van der Waals surface area contributed by atoms with Gasteiger partial charge < -0.3 is 5.73 Å².